The van der Waals surface area contributed by atoms with Crippen LogP contribution in [0.4, 0.5) is 0 Å². The van der Waals surface area contributed by atoms with Crippen LogP contribution < -0.4 is 0 Å². The molecular formula is C20H26BrN3O3. The monoisotopic (exact) mass is 435 g/mol. The van der Waals surface area contributed by atoms with Gasteiger partial charge >= 0.3 is 0 Å². The molecule has 2 fully saturated rings. The van der Waals surface area contributed by atoms with Crippen LogP contribution in [-0.4, -0.2) is 70.7 Å². The zero-order chi connectivity index (χ0) is 19.8. The van der Waals surface area contributed by atoms with E-state index in [1.54, 1.807) is 20.8 Å². The topological polar surface area (TPSA) is 60.9 Å². The van der Waals surface area contributed by atoms with Crippen molar-refractivity contribution in [1.82, 2.24) is 14.7 Å². The predicted octanol–water partition coefficient (Wildman–Crippen LogP) is 2.38. The molecule has 0 saturated carbocycles. The number of nitrogens with zero attached hydrogens (tertiary/aromatic N) is 3. The number of piperazine rings is 1. The molecule has 0 bridgehead atoms. The third-order valence-corrected chi connectivity index (χ3v) is 5.96. The van der Waals surface area contributed by atoms with Crippen LogP contribution in [0.2, 0.25) is 0 Å². The average Bonchev–Trinajstić information content (AvgIpc) is 3.03. The first-order valence-electron chi connectivity index (χ1n) is 9.31. The van der Waals surface area contributed by atoms with E-state index in [0.29, 0.717) is 38.3 Å². The molecule has 2 saturated heterocycles. The number of rotatable bonds is 2. The Hall–Kier alpha value is -1.89. The first-order valence-corrected chi connectivity index (χ1v) is 10.1. The molecule has 1 atom stereocenters. The normalized spacial score (nSPS) is 21.0. The zero-order valence-corrected chi connectivity index (χ0v) is 17.7. The summed E-state index contributed by atoms with van der Waals surface area (Å²) in [7, 11) is 0. The van der Waals surface area contributed by atoms with Crippen LogP contribution in [0.3, 0.4) is 0 Å². The van der Waals surface area contributed by atoms with Crippen molar-refractivity contribution in [3.63, 3.8) is 0 Å². The molecular weight excluding hydrogens is 410 g/mol. The summed E-state index contributed by atoms with van der Waals surface area (Å²) in [5, 5.41) is 0. The van der Waals surface area contributed by atoms with Gasteiger partial charge < -0.3 is 14.7 Å². The highest BCUT2D eigenvalue weighted by Gasteiger charge is 2.41. The molecule has 1 aromatic rings. The Morgan fingerprint density at radius 2 is 1.63 bits per heavy atom. The average molecular weight is 436 g/mol. The van der Waals surface area contributed by atoms with Crippen LogP contribution in [0.5, 0.6) is 0 Å². The molecule has 27 heavy (non-hydrogen) atoms. The predicted molar refractivity (Wildman–Crippen MR) is 106 cm³/mol. The lowest BCUT2D eigenvalue weighted by Gasteiger charge is -2.36. The minimum atomic E-state index is -0.276. The van der Waals surface area contributed by atoms with Crippen molar-refractivity contribution in [3.05, 3.63) is 34.3 Å². The Kier molecular flexibility index (Phi) is 5.60. The van der Waals surface area contributed by atoms with Gasteiger partial charge in [0.25, 0.3) is 5.91 Å². The van der Waals surface area contributed by atoms with Gasteiger partial charge in [-0.15, -0.1) is 0 Å². The van der Waals surface area contributed by atoms with Gasteiger partial charge in [-0.25, -0.2) is 0 Å². The molecule has 146 valence electrons. The summed E-state index contributed by atoms with van der Waals surface area (Å²) in [6.45, 7) is 8.49. The molecule has 3 amide bonds. The third-order valence-electron chi connectivity index (χ3n) is 5.27. The molecule has 2 aliphatic heterocycles. The van der Waals surface area contributed by atoms with Crippen LogP contribution in [0, 0.1) is 5.92 Å². The van der Waals surface area contributed by atoms with E-state index >= 15 is 0 Å². The lowest BCUT2D eigenvalue weighted by molar-refractivity contribution is -0.137. The summed E-state index contributed by atoms with van der Waals surface area (Å²) >= 11 is 3.42. The van der Waals surface area contributed by atoms with Crippen molar-refractivity contribution >= 4 is 33.7 Å². The van der Waals surface area contributed by atoms with E-state index < -0.39 is 0 Å². The summed E-state index contributed by atoms with van der Waals surface area (Å²) < 4.78 is 0.778. The second-order valence-electron chi connectivity index (χ2n) is 8.17. The fourth-order valence-electron chi connectivity index (χ4n) is 3.71. The second-order valence-corrected chi connectivity index (χ2v) is 9.03. The van der Waals surface area contributed by atoms with Gasteiger partial charge in [0.1, 0.15) is 0 Å². The van der Waals surface area contributed by atoms with Gasteiger partial charge in [-0.1, -0.05) is 12.1 Å². The van der Waals surface area contributed by atoms with Crippen LogP contribution >= 0.6 is 15.9 Å². The highest BCUT2D eigenvalue weighted by Crippen LogP contribution is 2.27. The largest absolute Gasteiger partial charge is 0.339 e. The van der Waals surface area contributed by atoms with E-state index in [-0.39, 0.29) is 35.6 Å². The third kappa shape index (κ3) is 4.18. The highest BCUT2D eigenvalue weighted by atomic mass is 79.9. The van der Waals surface area contributed by atoms with Crippen LogP contribution in [0.15, 0.2) is 28.7 Å². The number of amides is 3. The quantitative estimate of drug-likeness (QED) is 0.716. The first-order chi connectivity index (χ1) is 12.7. The molecule has 0 aliphatic carbocycles. The first kappa shape index (κ1) is 19.9. The van der Waals surface area contributed by atoms with E-state index in [9.17, 15) is 14.4 Å². The van der Waals surface area contributed by atoms with Gasteiger partial charge in [-0.2, -0.15) is 0 Å². The van der Waals surface area contributed by atoms with Crippen LogP contribution in [0.1, 0.15) is 37.6 Å². The van der Waals surface area contributed by atoms with Crippen molar-refractivity contribution in [2.24, 2.45) is 5.92 Å². The number of halogens is 1. The van der Waals surface area contributed by atoms with E-state index in [2.05, 4.69) is 15.9 Å². The molecule has 0 N–H and O–H groups in total. The molecule has 1 aromatic carbocycles. The summed E-state index contributed by atoms with van der Waals surface area (Å²) in [6, 6.07) is 7.37. The number of hydrogen-bond acceptors (Lipinski definition) is 3. The van der Waals surface area contributed by atoms with Crippen LogP contribution in [0.25, 0.3) is 0 Å². The molecule has 7 heteroatoms. The van der Waals surface area contributed by atoms with E-state index in [1.807, 2.05) is 39.0 Å². The Bertz CT molecular complexity index is 751. The standard InChI is InChI=1S/C20H26BrN3O3/c1-20(2,3)24-13-14(12-17(24)25)18(26)22-8-10-23(11-9-22)19(27)15-6-4-5-7-16(15)21/h4-7,14H,8-13H2,1-3H3. The molecule has 3 rings (SSSR count). The van der Waals surface area contributed by atoms with Gasteiger partial charge in [-0.05, 0) is 48.8 Å². The maximum absolute atomic E-state index is 12.9. The van der Waals surface area contributed by atoms with E-state index in [1.165, 1.54) is 0 Å². The maximum atomic E-state index is 12.9. The Labute approximate surface area is 168 Å². The van der Waals surface area contributed by atoms with Crippen molar-refractivity contribution in [3.8, 4) is 0 Å². The number of hydrogen-bond donors (Lipinski definition) is 0. The lowest BCUT2D eigenvalue weighted by atomic mass is 10.1. The zero-order valence-electron chi connectivity index (χ0n) is 16.1. The fourth-order valence-corrected chi connectivity index (χ4v) is 4.17. The Morgan fingerprint density at radius 3 is 2.19 bits per heavy atom. The van der Waals surface area contributed by atoms with Gasteiger partial charge in [0, 0.05) is 49.2 Å². The van der Waals surface area contributed by atoms with Crippen molar-refractivity contribution in [2.45, 2.75) is 32.7 Å². The number of likely N-dealkylation sites (tertiary alicyclic amines) is 1. The molecule has 0 spiro atoms. The van der Waals surface area contributed by atoms with Gasteiger partial charge in [0.2, 0.25) is 11.8 Å². The molecule has 2 aliphatic rings. The van der Waals surface area contributed by atoms with E-state index in [4.69, 9.17) is 0 Å². The smallest absolute Gasteiger partial charge is 0.255 e. The summed E-state index contributed by atoms with van der Waals surface area (Å²) in [5.74, 6) is -0.224. The number of benzene rings is 1. The molecule has 6 nitrogen and oxygen atoms in total. The van der Waals surface area contributed by atoms with Crippen molar-refractivity contribution in [2.75, 3.05) is 32.7 Å². The van der Waals surface area contributed by atoms with Gasteiger partial charge in [-0.3, -0.25) is 14.4 Å². The van der Waals surface area contributed by atoms with Gasteiger partial charge in [0.15, 0.2) is 0 Å². The van der Waals surface area contributed by atoms with E-state index in [0.717, 1.165) is 4.47 Å². The minimum absolute atomic E-state index is 0.0236. The fraction of sp³-hybridized carbons (Fsp3) is 0.550. The lowest BCUT2D eigenvalue weighted by Crippen LogP contribution is -2.52. The Balaban J connectivity index is 1.58. The highest BCUT2D eigenvalue weighted by molar-refractivity contribution is 9.10. The molecule has 1 unspecified atom stereocenters. The van der Waals surface area contributed by atoms with Crippen LogP contribution in [-0.2, 0) is 9.59 Å². The summed E-state index contributed by atoms with van der Waals surface area (Å²) in [5.41, 5.74) is 0.375. The maximum Gasteiger partial charge on any atom is 0.255 e. The Morgan fingerprint density at radius 1 is 1.04 bits per heavy atom. The minimum Gasteiger partial charge on any atom is -0.339 e. The van der Waals surface area contributed by atoms with Gasteiger partial charge in [0.05, 0.1) is 11.5 Å². The summed E-state index contributed by atoms with van der Waals surface area (Å²) in [4.78, 5) is 43.2. The molecule has 0 aromatic heterocycles. The SMILES string of the molecule is CC(C)(C)N1CC(C(=O)N2CCN(C(=O)c3ccccc3Br)CC2)CC1=O. The molecule has 2 heterocycles. The number of carbonyl (C=O) groups excluding carboxylic acids is 3. The second kappa shape index (κ2) is 7.62. The number of carbonyl (C=O) groups is 3. The van der Waals surface area contributed by atoms with Crippen molar-refractivity contribution < 1.29 is 14.4 Å². The van der Waals surface area contributed by atoms with Crippen molar-refractivity contribution in [1.29, 1.82) is 0 Å². The molecule has 0 radical (unpaired) electrons. The summed E-state index contributed by atoms with van der Waals surface area (Å²) in [6.07, 6.45) is 0.284.